The molecule has 0 bridgehead atoms. The van der Waals surface area contributed by atoms with Crippen LogP contribution in [-0.4, -0.2) is 48.8 Å². The molecule has 15 heavy (non-hydrogen) atoms. The summed E-state index contributed by atoms with van der Waals surface area (Å²) in [6.45, 7) is 2.68. The first-order valence-corrected chi connectivity index (χ1v) is 8.18. The van der Waals surface area contributed by atoms with E-state index in [4.69, 9.17) is 5.41 Å². The summed E-state index contributed by atoms with van der Waals surface area (Å²) in [7, 11) is -3.07. The highest BCUT2D eigenvalue weighted by molar-refractivity contribution is 8.00. The van der Waals surface area contributed by atoms with Crippen molar-refractivity contribution in [1.82, 2.24) is 4.90 Å². The first-order chi connectivity index (χ1) is 6.96. The number of nitrogens with zero attached hydrogens (tertiary/aromatic N) is 1. The van der Waals surface area contributed by atoms with Crippen LogP contribution in [0.2, 0.25) is 0 Å². The summed E-state index contributed by atoms with van der Waals surface area (Å²) < 4.78 is 23.1. The maximum Gasteiger partial charge on any atom is 0.169 e. The Hall–Kier alpha value is -0.230. The molecule has 0 amide bonds. The van der Waals surface area contributed by atoms with Gasteiger partial charge in [-0.15, -0.1) is 0 Å². The zero-order valence-corrected chi connectivity index (χ0v) is 10.8. The van der Waals surface area contributed by atoms with Gasteiger partial charge < -0.3 is 4.90 Å². The fraction of sp³-hybridized carbons (Fsp3) is 0.889. The van der Waals surface area contributed by atoms with Gasteiger partial charge in [-0.05, 0) is 6.42 Å². The zero-order valence-electron chi connectivity index (χ0n) is 9.19. The van der Waals surface area contributed by atoms with Gasteiger partial charge in [-0.25, -0.2) is 8.42 Å². The molecule has 88 valence electrons. The van der Waals surface area contributed by atoms with Crippen LogP contribution in [-0.2, 0) is 9.84 Å². The van der Waals surface area contributed by atoms with Crippen LogP contribution < -0.4 is 0 Å². The third-order valence-electron chi connectivity index (χ3n) is 2.41. The van der Waals surface area contributed by atoms with Crippen molar-refractivity contribution in [2.45, 2.75) is 25.1 Å². The van der Waals surface area contributed by atoms with E-state index in [0.717, 1.165) is 12.2 Å². The van der Waals surface area contributed by atoms with Crippen LogP contribution in [0.15, 0.2) is 0 Å². The van der Waals surface area contributed by atoms with Crippen molar-refractivity contribution < 1.29 is 8.42 Å². The van der Waals surface area contributed by atoms with Crippen molar-refractivity contribution >= 4 is 27.4 Å². The van der Waals surface area contributed by atoms with E-state index in [9.17, 15) is 8.42 Å². The van der Waals surface area contributed by atoms with E-state index >= 15 is 0 Å². The minimum Gasteiger partial charge on any atom is -0.342 e. The van der Waals surface area contributed by atoms with Gasteiger partial charge in [-0.3, -0.25) is 5.41 Å². The van der Waals surface area contributed by atoms with E-state index in [1.54, 1.807) is 16.7 Å². The van der Waals surface area contributed by atoms with Crippen LogP contribution >= 0.6 is 11.8 Å². The van der Waals surface area contributed by atoms with Crippen LogP contribution in [0.3, 0.4) is 0 Å². The van der Waals surface area contributed by atoms with Crippen LogP contribution in [0.5, 0.6) is 0 Å². The van der Waals surface area contributed by atoms with E-state index in [-0.39, 0.29) is 0 Å². The van der Waals surface area contributed by atoms with Gasteiger partial charge in [0.25, 0.3) is 0 Å². The maximum absolute atomic E-state index is 11.6. The van der Waals surface area contributed by atoms with E-state index in [0.29, 0.717) is 24.6 Å². The van der Waals surface area contributed by atoms with Crippen LogP contribution in [0.25, 0.3) is 0 Å². The predicted octanol–water partition coefficient (Wildman–Crippen LogP) is 1.18. The van der Waals surface area contributed by atoms with Gasteiger partial charge in [0.1, 0.15) is 5.37 Å². The Morgan fingerprint density at radius 3 is 2.80 bits per heavy atom. The van der Waals surface area contributed by atoms with Crippen molar-refractivity contribution in [2.24, 2.45) is 0 Å². The van der Waals surface area contributed by atoms with Crippen molar-refractivity contribution in [1.29, 1.82) is 5.41 Å². The highest BCUT2D eigenvalue weighted by Crippen LogP contribution is 2.21. The third kappa shape index (κ3) is 3.38. The molecule has 0 spiro atoms. The number of sulfone groups is 1. The van der Waals surface area contributed by atoms with Gasteiger partial charge in [-0.2, -0.15) is 11.8 Å². The summed E-state index contributed by atoms with van der Waals surface area (Å²) in [6.07, 6.45) is 2.81. The lowest BCUT2D eigenvalue weighted by molar-refractivity contribution is 0.399. The van der Waals surface area contributed by atoms with E-state index in [1.165, 1.54) is 6.26 Å². The first-order valence-electron chi connectivity index (χ1n) is 5.07. The normalized spacial score (nSPS) is 22.8. The molecule has 0 aromatic heterocycles. The molecule has 1 saturated heterocycles. The lowest BCUT2D eigenvalue weighted by atomic mass is 10.3. The molecule has 0 aromatic carbocycles. The minimum atomic E-state index is -3.07. The number of amidine groups is 1. The third-order valence-corrected chi connectivity index (χ3v) is 5.06. The fourth-order valence-electron chi connectivity index (χ4n) is 1.62. The summed E-state index contributed by atoms with van der Waals surface area (Å²) in [4.78, 5) is 1.75. The van der Waals surface area contributed by atoms with E-state index in [2.05, 4.69) is 0 Å². The Balaban J connectivity index is 2.79. The zero-order chi connectivity index (χ0) is 11.5. The number of thioether (sulfide) groups is 1. The molecule has 0 saturated carbocycles. The highest BCUT2D eigenvalue weighted by Gasteiger charge is 2.31. The molecule has 0 radical (unpaired) electrons. The van der Waals surface area contributed by atoms with Gasteiger partial charge in [0.15, 0.2) is 9.84 Å². The molecule has 1 aliphatic rings. The average molecular weight is 250 g/mol. The molecular weight excluding hydrogens is 232 g/mol. The Bertz CT molecular complexity index is 327. The Kier molecular flexibility index (Phi) is 4.45. The lowest BCUT2D eigenvalue weighted by Gasteiger charge is -2.35. The van der Waals surface area contributed by atoms with Crippen molar-refractivity contribution in [3.8, 4) is 0 Å². The Labute approximate surface area is 95.8 Å². The molecule has 4 nitrogen and oxygen atoms in total. The summed E-state index contributed by atoms with van der Waals surface area (Å²) in [6, 6.07) is 0. The van der Waals surface area contributed by atoms with Crippen molar-refractivity contribution in [3.63, 3.8) is 0 Å². The monoisotopic (exact) mass is 250 g/mol. The largest absolute Gasteiger partial charge is 0.342 e. The van der Waals surface area contributed by atoms with Crippen molar-refractivity contribution in [3.05, 3.63) is 0 Å². The van der Waals surface area contributed by atoms with E-state index in [1.807, 2.05) is 6.92 Å². The molecule has 1 N–H and O–H groups in total. The van der Waals surface area contributed by atoms with Crippen LogP contribution in [0.4, 0.5) is 0 Å². The number of nitrogens with one attached hydrogen (secondary N) is 1. The van der Waals surface area contributed by atoms with Crippen LogP contribution in [0, 0.1) is 5.41 Å². The van der Waals surface area contributed by atoms with Crippen LogP contribution in [0.1, 0.15) is 19.8 Å². The van der Waals surface area contributed by atoms with Gasteiger partial charge in [0.2, 0.25) is 0 Å². The summed E-state index contributed by atoms with van der Waals surface area (Å²) in [5.74, 6) is 1.97. The average Bonchev–Trinajstić information content (AvgIpc) is 2.17. The molecule has 0 aromatic rings. The molecular formula is C9H18N2O2S2. The molecule has 1 aliphatic heterocycles. The molecule has 1 fully saturated rings. The molecule has 1 atom stereocenters. The lowest BCUT2D eigenvalue weighted by Crippen LogP contribution is -2.49. The Morgan fingerprint density at radius 2 is 2.27 bits per heavy atom. The predicted molar refractivity (Wildman–Crippen MR) is 65.3 cm³/mol. The van der Waals surface area contributed by atoms with Crippen molar-refractivity contribution in [2.75, 3.05) is 24.3 Å². The van der Waals surface area contributed by atoms with Gasteiger partial charge >= 0.3 is 0 Å². The minimum absolute atomic E-state index is 0.466. The topological polar surface area (TPSA) is 61.2 Å². The SMILES string of the molecule is CCCC(=N)N1CCSCC1S(C)(=O)=O. The molecule has 1 rings (SSSR count). The molecule has 1 unspecified atom stereocenters. The van der Waals surface area contributed by atoms with E-state index < -0.39 is 15.2 Å². The first kappa shape index (κ1) is 12.8. The number of hydrogen-bond donors (Lipinski definition) is 1. The second-order valence-corrected chi connectivity index (χ2v) is 7.10. The highest BCUT2D eigenvalue weighted by atomic mass is 32.2. The summed E-state index contributed by atoms with van der Waals surface area (Å²) in [5, 5.41) is 7.36. The smallest absolute Gasteiger partial charge is 0.169 e. The maximum atomic E-state index is 11.6. The molecule has 0 aliphatic carbocycles. The number of rotatable bonds is 3. The quantitative estimate of drug-likeness (QED) is 0.603. The standard InChI is InChI=1S/C9H18N2O2S2/c1-3-4-8(10)11-5-6-14-7-9(11)15(2,12)13/h9-10H,3-7H2,1-2H3. The molecule has 1 heterocycles. The fourth-order valence-corrected chi connectivity index (χ4v) is 4.47. The second kappa shape index (κ2) is 5.21. The second-order valence-electron chi connectivity index (χ2n) is 3.75. The Morgan fingerprint density at radius 1 is 1.60 bits per heavy atom. The van der Waals surface area contributed by atoms with Gasteiger partial charge in [0, 0.05) is 30.7 Å². The summed E-state index contributed by atoms with van der Waals surface area (Å²) in [5.41, 5.74) is 0. The van der Waals surface area contributed by atoms with Gasteiger partial charge in [-0.1, -0.05) is 6.92 Å². The molecule has 6 heteroatoms. The summed E-state index contributed by atoms with van der Waals surface area (Å²) >= 11 is 1.65. The van der Waals surface area contributed by atoms with Gasteiger partial charge in [0.05, 0.1) is 5.84 Å². The number of hydrogen-bond acceptors (Lipinski definition) is 4.